The van der Waals surface area contributed by atoms with Gasteiger partial charge in [0.25, 0.3) is 0 Å². The van der Waals surface area contributed by atoms with Gasteiger partial charge in [0.15, 0.2) is 0 Å². The zero-order valence-electron chi connectivity index (χ0n) is 17.4. The van der Waals surface area contributed by atoms with Gasteiger partial charge in [-0.1, -0.05) is 43.6 Å². The number of hydrogen-bond acceptors (Lipinski definition) is 4. The average molecular weight is 451 g/mol. The molecule has 1 fully saturated rings. The molecule has 0 aromatic heterocycles. The molecule has 0 aliphatic carbocycles. The highest BCUT2D eigenvalue weighted by Gasteiger charge is 2.29. The second kappa shape index (κ2) is 9.47. The summed E-state index contributed by atoms with van der Waals surface area (Å²) in [6.07, 6.45) is 0. The summed E-state index contributed by atoms with van der Waals surface area (Å²) < 4.78 is 32.9. The van der Waals surface area contributed by atoms with Crippen molar-refractivity contribution in [1.29, 1.82) is 0 Å². The Kier molecular flexibility index (Phi) is 7.18. The van der Waals surface area contributed by atoms with Gasteiger partial charge in [0.1, 0.15) is 0 Å². The van der Waals surface area contributed by atoms with E-state index in [4.69, 9.17) is 16.3 Å². The second-order valence-electron chi connectivity index (χ2n) is 7.76. The van der Waals surface area contributed by atoms with Crippen molar-refractivity contribution in [2.45, 2.75) is 31.6 Å². The molecule has 0 saturated carbocycles. The Morgan fingerprint density at radius 1 is 1.10 bits per heavy atom. The molecule has 2 aromatic rings. The van der Waals surface area contributed by atoms with Crippen molar-refractivity contribution in [2.75, 3.05) is 31.6 Å². The number of nitrogens with zero attached hydrogens (tertiary/aromatic N) is 1. The summed E-state index contributed by atoms with van der Waals surface area (Å²) in [5.74, 6) is -0.526. The molecule has 1 N–H and O–H groups in total. The summed E-state index contributed by atoms with van der Waals surface area (Å²) in [6.45, 7) is 7.11. The molecule has 1 atom stereocenters. The van der Waals surface area contributed by atoms with Crippen LogP contribution in [0.15, 0.2) is 47.4 Å². The monoisotopic (exact) mass is 450 g/mol. The second-order valence-corrected chi connectivity index (χ2v) is 10.1. The fourth-order valence-electron chi connectivity index (χ4n) is 3.61. The van der Waals surface area contributed by atoms with Gasteiger partial charge >= 0.3 is 0 Å². The SMILES string of the molecule is Cc1ccc(NC(=O)C(c2ccc(Cl)cc2)C(C)C)cc1S(=O)(=O)N1CCOCC1. The molecule has 1 saturated heterocycles. The third-order valence-corrected chi connectivity index (χ3v) is 7.51. The summed E-state index contributed by atoms with van der Waals surface area (Å²) in [7, 11) is -3.66. The number of carbonyl (C=O) groups excluding carboxylic acids is 1. The molecule has 1 heterocycles. The van der Waals surface area contributed by atoms with E-state index in [9.17, 15) is 13.2 Å². The molecule has 3 rings (SSSR count). The standard InChI is InChI=1S/C22H27ClN2O4S/c1-15(2)21(17-5-7-18(23)8-6-17)22(26)24-19-9-4-16(3)20(14-19)30(27,28)25-10-12-29-13-11-25/h4-9,14-15,21H,10-13H2,1-3H3,(H,24,26). The Bertz CT molecular complexity index is 1000. The number of amides is 1. The van der Waals surface area contributed by atoms with Crippen molar-refractivity contribution in [3.8, 4) is 0 Å². The number of anilines is 1. The number of morpholine rings is 1. The quantitative estimate of drug-likeness (QED) is 0.720. The molecule has 1 amide bonds. The van der Waals surface area contributed by atoms with Crippen molar-refractivity contribution in [3.63, 3.8) is 0 Å². The third-order valence-electron chi connectivity index (χ3n) is 5.22. The summed E-state index contributed by atoms with van der Waals surface area (Å²) in [5.41, 5.74) is 1.95. The van der Waals surface area contributed by atoms with E-state index in [1.54, 1.807) is 31.2 Å². The molecule has 1 aliphatic rings. The molecule has 1 aliphatic heterocycles. The van der Waals surface area contributed by atoms with Gasteiger partial charge in [-0.25, -0.2) is 8.42 Å². The van der Waals surface area contributed by atoms with Crippen LogP contribution in [0.25, 0.3) is 0 Å². The Hall–Kier alpha value is -1.93. The highest BCUT2D eigenvalue weighted by atomic mass is 35.5. The predicted molar refractivity (Wildman–Crippen MR) is 118 cm³/mol. The van der Waals surface area contributed by atoms with E-state index >= 15 is 0 Å². The molecular weight excluding hydrogens is 424 g/mol. The van der Waals surface area contributed by atoms with Gasteiger partial charge in [0, 0.05) is 23.8 Å². The van der Waals surface area contributed by atoms with Gasteiger partial charge in [0.2, 0.25) is 15.9 Å². The van der Waals surface area contributed by atoms with E-state index in [1.807, 2.05) is 26.0 Å². The van der Waals surface area contributed by atoms with Crippen molar-refractivity contribution >= 4 is 33.2 Å². The Labute approximate surface area is 183 Å². The van der Waals surface area contributed by atoms with E-state index in [0.29, 0.717) is 42.6 Å². The predicted octanol–water partition coefficient (Wildman–Crippen LogP) is 4.05. The number of rotatable bonds is 6. The third kappa shape index (κ3) is 5.03. The van der Waals surface area contributed by atoms with Crippen molar-refractivity contribution in [2.24, 2.45) is 5.92 Å². The van der Waals surface area contributed by atoms with Crippen LogP contribution in [0.2, 0.25) is 5.02 Å². The van der Waals surface area contributed by atoms with Gasteiger partial charge in [0.05, 0.1) is 24.0 Å². The number of carbonyl (C=O) groups is 1. The van der Waals surface area contributed by atoms with Crippen molar-refractivity contribution < 1.29 is 17.9 Å². The van der Waals surface area contributed by atoms with Crippen LogP contribution in [0.5, 0.6) is 0 Å². The maximum atomic E-state index is 13.1. The minimum Gasteiger partial charge on any atom is -0.379 e. The smallest absolute Gasteiger partial charge is 0.243 e. The van der Waals surface area contributed by atoms with Crippen LogP contribution in [0.4, 0.5) is 5.69 Å². The highest BCUT2D eigenvalue weighted by molar-refractivity contribution is 7.89. The van der Waals surface area contributed by atoms with Gasteiger partial charge < -0.3 is 10.1 Å². The largest absolute Gasteiger partial charge is 0.379 e. The van der Waals surface area contributed by atoms with Gasteiger partial charge in [-0.15, -0.1) is 0 Å². The van der Waals surface area contributed by atoms with E-state index in [1.165, 1.54) is 10.4 Å². The van der Waals surface area contributed by atoms with Crippen LogP contribution in [0.3, 0.4) is 0 Å². The summed E-state index contributed by atoms with van der Waals surface area (Å²) in [6, 6.07) is 12.2. The van der Waals surface area contributed by atoms with Crippen LogP contribution in [0.1, 0.15) is 30.9 Å². The molecule has 30 heavy (non-hydrogen) atoms. The van der Waals surface area contributed by atoms with Crippen LogP contribution in [-0.4, -0.2) is 44.9 Å². The van der Waals surface area contributed by atoms with Gasteiger partial charge in [-0.3, -0.25) is 4.79 Å². The Morgan fingerprint density at radius 3 is 2.33 bits per heavy atom. The number of nitrogens with one attached hydrogen (secondary N) is 1. The maximum absolute atomic E-state index is 13.1. The first kappa shape index (κ1) is 22.7. The Balaban J connectivity index is 1.86. The van der Waals surface area contributed by atoms with E-state index in [2.05, 4.69) is 5.32 Å². The van der Waals surface area contributed by atoms with Crippen LogP contribution in [-0.2, 0) is 19.6 Å². The van der Waals surface area contributed by atoms with Crippen molar-refractivity contribution in [3.05, 3.63) is 58.6 Å². The van der Waals surface area contributed by atoms with Crippen LogP contribution >= 0.6 is 11.6 Å². The summed E-state index contributed by atoms with van der Waals surface area (Å²) in [5, 5.41) is 3.51. The highest BCUT2D eigenvalue weighted by Crippen LogP contribution is 2.29. The number of sulfonamides is 1. The number of hydrogen-bond donors (Lipinski definition) is 1. The molecule has 0 spiro atoms. The first-order valence-corrected chi connectivity index (χ1v) is 11.8. The molecule has 2 aromatic carbocycles. The minimum absolute atomic E-state index is 0.0492. The zero-order valence-corrected chi connectivity index (χ0v) is 19.0. The zero-order chi connectivity index (χ0) is 21.9. The molecule has 0 bridgehead atoms. The average Bonchev–Trinajstić information content (AvgIpc) is 2.71. The summed E-state index contributed by atoms with van der Waals surface area (Å²) >= 11 is 5.98. The van der Waals surface area contributed by atoms with Crippen LogP contribution < -0.4 is 5.32 Å². The van der Waals surface area contributed by atoms with Gasteiger partial charge in [-0.2, -0.15) is 4.31 Å². The number of aryl methyl sites for hydroxylation is 1. The lowest BCUT2D eigenvalue weighted by molar-refractivity contribution is -0.118. The molecule has 1 unspecified atom stereocenters. The topological polar surface area (TPSA) is 75.7 Å². The van der Waals surface area contributed by atoms with Crippen LogP contribution in [0, 0.1) is 12.8 Å². The molecule has 0 radical (unpaired) electrons. The van der Waals surface area contributed by atoms with Crippen molar-refractivity contribution in [1.82, 2.24) is 4.31 Å². The first-order valence-electron chi connectivity index (χ1n) is 9.95. The maximum Gasteiger partial charge on any atom is 0.243 e. The van der Waals surface area contributed by atoms with E-state index in [-0.39, 0.29) is 22.6 Å². The van der Waals surface area contributed by atoms with Gasteiger partial charge in [-0.05, 0) is 48.2 Å². The fourth-order valence-corrected chi connectivity index (χ4v) is 5.40. The number of ether oxygens (including phenoxy) is 1. The van der Waals surface area contributed by atoms with E-state index in [0.717, 1.165) is 5.56 Å². The molecule has 8 heteroatoms. The minimum atomic E-state index is -3.66. The summed E-state index contributed by atoms with van der Waals surface area (Å²) in [4.78, 5) is 13.3. The molecular formula is C22H27ClN2O4S. The first-order chi connectivity index (χ1) is 14.2. The fraction of sp³-hybridized carbons (Fsp3) is 0.409. The lowest BCUT2D eigenvalue weighted by Gasteiger charge is -2.27. The number of benzene rings is 2. The molecule has 162 valence electrons. The number of halogens is 1. The Morgan fingerprint density at radius 2 is 1.73 bits per heavy atom. The van der Waals surface area contributed by atoms with E-state index < -0.39 is 10.0 Å². The lowest BCUT2D eigenvalue weighted by atomic mass is 9.87. The normalized spacial score (nSPS) is 16.4. The molecule has 6 nitrogen and oxygen atoms in total. The lowest BCUT2D eigenvalue weighted by Crippen LogP contribution is -2.40.